The van der Waals surface area contributed by atoms with Gasteiger partial charge in [-0.15, -0.1) is 0 Å². The quantitative estimate of drug-likeness (QED) is 0.485. The van der Waals surface area contributed by atoms with Crippen molar-refractivity contribution in [3.63, 3.8) is 0 Å². The second-order valence-electron chi connectivity index (χ2n) is 7.45. The highest BCUT2D eigenvalue weighted by molar-refractivity contribution is 6.10. The zero-order valence-electron chi connectivity index (χ0n) is 16.8. The number of aromatic nitrogens is 2. The van der Waals surface area contributed by atoms with Gasteiger partial charge in [-0.2, -0.15) is 0 Å². The van der Waals surface area contributed by atoms with Gasteiger partial charge in [0.1, 0.15) is 5.65 Å². The third-order valence-corrected chi connectivity index (χ3v) is 5.22. The van der Waals surface area contributed by atoms with Crippen LogP contribution in [0, 0.1) is 20.8 Å². The highest BCUT2D eigenvalue weighted by atomic mass is 16.1. The molecule has 0 amide bonds. The number of carbonyl (C=O) groups excluding carboxylic acids is 1. The maximum absolute atomic E-state index is 13.1. The average Bonchev–Trinajstić information content (AvgIpc) is 2.71. The minimum absolute atomic E-state index is 0.167. The average molecular weight is 382 g/mol. The zero-order chi connectivity index (χ0) is 20.5. The standard InChI is InChI=1S/C25H22N2O2/c1-16-8-11-19(12-9-16)23(28)22-15-27(14-20-7-5-4-6-17(20)2)25-21(24(22)29)13-10-18(3)26-25/h4-13,15H,14H2,1-3H3. The molecular weight excluding hydrogens is 360 g/mol. The Kier molecular flexibility index (Phi) is 4.85. The largest absolute Gasteiger partial charge is 0.327 e. The van der Waals surface area contributed by atoms with Crippen molar-refractivity contribution in [2.75, 3.05) is 0 Å². The van der Waals surface area contributed by atoms with Crippen LogP contribution in [-0.4, -0.2) is 15.3 Å². The fraction of sp³-hybridized carbons (Fsp3) is 0.160. The van der Waals surface area contributed by atoms with E-state index in [2.05, 4.69) is 24.0 Å². The number of carbonyl (C=O) groups is 1. The predicted octanol–water partition coefficient (Wildman–Crippen LogP) is 4.60. The van der Waals surface area contributed by atoms with Gasteiger partial charge in [-0.05, 0) is 44.0 Å². The minimum Gasteiger partial charge on any atom is -0.327 e. The van der Waals surface area contributed by atoms with Gasteiger partial charge in [-0.1, -0.05) is 54.1 Å². The topological polar surface area (TPSA) is 52.0 Å². The molecule has 0 N–H and O–H groups in total. The first kappa shape index (κ1) is 18.8. The summed E-state index contributed by atoms with van der Waals surface area (Å²) in [6, 6.07) is 19.0. The molecule has 4 heteroatoms. The molecule has 0 atom stereocenters. The van der Waals surface area contributed by atoms with Crippen LogP contribution < -0.4 is 5.43 Å². The van der Waals surface area contributed by atoms with Crippen molar-refractivity contribution in [3.8, 4) is 0 Å². The Balaban J connectivity index is 1.92. The highest BCUT2D eigenvalue weighted by Gasteiger charge is 2.18. The van der Waals surface area contributed by atoms with E-state index in [-0.39, 0.29) is 16.8 Å². The summed E-state index contributed by atoms with van der Waals surface area (Å²) < 4.78 is 1.91. The van der Waals surface area contributed by atoms with Crippen LogP contribution in [-0.2, 0) is 6.54 Å². The monoisotopic (exact) mass is 382 g/mol. The Morgan fingerprint density at radius 1 is 0.931 bits per heavy atom. The van der Waals surface area contributed by atoms with Crippen LogP contribution in [0.4, 0.5) is 0 Å². The summed E-state index contributed by atoms with van der Waals surface area (Å²) in [6.07, 6.45) is 1.66. The normalized spacial score (nSPS) is 11.0. The summed E-state index contributed by atoms with van der Waals surface area (Å²) in [6.45, 7) is 6.45. The van der Waals surface area contributed by atoms with Gasteiger partial charge in [0.2, 0.25) is 5.43 Å². The first-order chi connectivity index (χ1) is 13.9. The van der Waals surface area contributed by atoms with Crippen LogP contribution >= 0.6 is 0 Å². The van der Waals surface area contributed by atoms with Crippen molar-refractivity contribution in [2.24, 2.45) is 0 Å². The first-order valence-corrected chi connectivity index (χ1v) is 9.61. The highest BCUT2D eigenvalue weighted by Crippen LogP contribution is 2.17. The molecule has 0 saturated carbocycles. The third-order valence-electron chi connectivity index (χ3n) is 5.22. The lowest BCUT2D eigenvalue weighted by molar-refractivity contribution is 0.103. The molecule has 4 aromatic rings. The molecule has 2 heterocycles. The Labute approximate surface area is 169 Å². The van der Waals surface area contributed by atoms with E-state index in [0.29, 0.717) is 23.1 Å². The molecule has 0 bridgehead atoms. The van der Waals surface area contributed by atoms with E-state index in [1.807, 2.05) is 48.7 Å². The van der Waals surface area contributed by atoms with E-state index in [0.717, 1.165) is 22.4 Å². The summed E-state index contributed by atoms with van der Waals surface area (Å²) >= 11 is 0. The number of pyridine rings is 2. The lowest BCUT2D eigenvalue weighted by Crippen LogP contribution is -2.21. The van der Waals surface area contributed by atoms with Crippen molar-refractivity contribution < 1.29 is 4.79 Å². The van der Waals surface area contributed by atoms with E-state index >= 15 is 0 Å². The van der Waals surface area contributed by atoms with Crippen molar-refractivity contribution in [2.45, 2.75) is 27.3 Å². The van der Waals surface area contributed by atoms with E-state index in [1.165, 1.54) is 0 Å². The lowest BCUT2D eigenvalue weighted by Gasteiger charge is -2.14. The van der Waals surface area contributed by atoms with Crippen molar-refractivity contribution in [1.82, 2.24) is 9.55 Å². The van der Waals surface area contributed by atoms with Gasteiger partial charge in [0.15, 0.2) is 5.78 Å². The molecule has 0 fully saturated rings. The second-order valence-corrected chi connectivity index (χ2v) is 7.45. The Morgan fingerprint density at radius 3 is 2.38 bits per heavy atom. The van der Waals surface area contributed by atoms with Crippen LogP contribution in [0.1, 0.15) is 38.3 Å². The molecule has 0 saturated heterocycles. The number of nitrogens with zero attached hydrogens (tertiary/aromatic N) is 2. The Bertz CT molecular complexity index is 1280. The lowest BCUT2D eigenvalue weighted by atomic mass is 10.0. The number of benzene rings is 2. The van der Waals surface area contributed by atoms with Gasteiger partial charge in [-0.25, -0.2) is 4.98 Å². The van der Waals surface area contributed by atoms with Crippen LogP contribution in [0.25, 0.3) is 11.0 Å². The number of aryl methyl sites for hydroxylation is 3. The van der Waals surface area contributed by atoms with Gasteiger partial charge >= 0.3 is 0 Å². The number of hydrogen-bond donors (Lipinski definition) is 0. The number of fused-ring (bicyclic) bond motifs is 1. The van der Waals surface area contributed by atoms with Crippen LogP contribution in [0.3, 0.4) is 0 Å². The number of rotatable bonds is 4. The van der Waals surface area contributed by atoms with Gasteiger partial charge in [0.05, 0.1) is 10.9 Å². The molecule has 0 spiro atoms. The van der Waals surface area contributed by atoms with Crippen molar-refractivity contribution in [1.29, 1.82) is 0 Å². The Hall–Kier alpha value is -3.53. The van der Waals surface area contributed by atoms with Crippen LogP contribution in [0.15, 0.2) is 71.7 Å². The molecule has 144 valence electrons. The van der Waals surface area contributed by atoms with E-state index < -0.39 is 0 Å². The maximum Gasteiger partial charge on any atom is 0.202 e. The van der Waals surface area contributed by atoms with Crippen LogP contribution in [0.2, 0.25) is 0 Å². The van der Waals surface area contributed by atoms with E-state index in [1.54, 1.807) is 24.4 Å². The molecule has 0 aliphatic rings. The molecule has 2 aromatic carbocycles. The molecule has 0 aliphatic heterocycles. The van der Waals surface area contributed by atoms with Crippen molar-refractivity contribution in [3.05, 3.63) is 111 Å². The summed E-state index contributed by atoms with van der Waals surface area (Å²) in [5, 5.41) is 0.460. The zero-order valence-corrected chi connectivity index (χ0v) is 16.8. The molecule has 29 heavy (non-hydrogen) atoms. The molecular formula is C25H22N2O2. The first-order valence-electron chi connectivity index (χ1n) is 9.61. The second kappa shape index (κ2) is 7.47. The van der Waals surface area contributed by atoms with Gasteiger partial charge < -0.3 is 4.57 Å². The van der Waals surface area contributed by atoms with Crippen LogP contribution in [0.5, 0.6) is 0 Å². The maximum atomic E-state index is 13.1. The summed E-state index contributed by atoms with van der Waals surface area (Å²) in [5.74, 6) is -0.268. The summed E-state index contributed by atoms with van der Waals surface area (Å²) in [4.78, 5) is 30.8. The van der Waals surface area contributed by atoms with Crippen molar-refractivity contribution >= 4 is 16.8 Å². The summed E-state index contributed by atoms with van der Waals surface area (Å²) in [7, 11) is 0. The molecule has 0 aliphatic carbocycles. The SMILES string of the molecule is Cc1ccc(C(=O)c2cn(Cc3ccccc3C)c3nc(C)ccc3c2=O)cc1. The smallest absolute Gasteiger partial charge is 0.202 e. The molecule has 0 unspecified atom stereocenters. The number of ketones is 1. The fourth-order valence-electron chi connectivity index (χ4n) is 3.47. The molecule has 4 nitrogen and oxygen atoms in total. The van der Waals surface area contributed by atoms with Gasteiger partial charge in [-0.3, -0.25) is 9.59 Å². The van der Waals surface area contributed by atoms with Gasteiger partial charge in [0, 0.05) is 24.0 Å². The van der Waals surface area contributed by atoms with Gasteiger partial charge in [0.25, 0.3) is 0 Å². The minimum atomic E-state index is -0.279. The fourth-order valence-corrected chi connectivity index (χ4v) is 3.47. The third kappa shape index (κ3) is 3.61. The van der Waals surface area contributed by atoms with E-state index in [4.69, 9.17) is 0 Å². The Morgan fingerprint density at radius 2 is 1.66 bits per heavy atom. The molecule has 2 aromatic heterocycles. The van der Waals surface area contributed by atoms with E-state index in [9.17, 15) is 9.59 Å². The predicted molar refractivity (Wildman–Crippen MR) is 116 cm³/mol. The number of hydrogen-bond acceptors (Lipinski definition) is 3. The summed E-state index contributed by atoms with van der Waals surface area (Å²) in [5.41, 5.74) is 5.16. The molecule has 4 rings (SSSR count). The molecule has 0 radical (unpaired) electrons.